The fourth-order valence-electron chi connectivity index (χ4n) is 2.83. The Bertz CT molecular complexity index is 927. The third kappa shape index (κ3) is 4.03. The van der Waals surface area contributed by atoms with Crippen LogP contribution in [0.2, 0.25) is 0 Å². The molecule has 0 fully saturated rings. The summed E-state index contributed by atoms with van der Waals surface area (Å²) in [7, 11) is 1.71. The third-order valence-corrected chi connectivity index (χ3v) is 4.30. The first-order chi connectivity index (χ1) is 13.1. The number of carbonyl (C=O) groups excluding carboxylic acids is 2. The molecule has 0 bridgehead atoms. The highest BCUT2D eigenvalue weighted by atomic mass is 16.2. The summed E-state index contributed by atoms with van der Waals surface area (Å²) in [6.45, 7) is 2.41. The lowest BCUT2D eigenvalue weighted by atomic mass is 10.1. The van der Waals surface area contributed by atoms with Crippen LogP contribution in [-0.4, -0.2) is 30.4 Å². The van der Waals surface area contributed by atoms with Gasteiger partial charge < -0.3 is 9.80 Å². The Morgan fingerprint density at radius 3 is 2.04 bits per heavy atom. The van der Waals surface area contributed by atoms with Crippen LogP contribution in [0.15, 0.2) is 79.0 Å². The number of amides is 2. The average molecular weight is 359 g/mol. The lowest BCUT2D eigenvalue weighted by molar-refractivity contribution is 0.0983. The zero-order valence-corrected chi connectivity index (χ0v) is 15.4. The SMILES string of the molecule is CCN(C(=O)c1cc(C(=O)N(C)c2ccccc2)ccn1)c1ccccc1. The Kier molecular flexibility index (Phi) is 5.61. The molecular weight excluding hydrogens is 338 g/mol. The van der Waals surface area contributed by atoms with E-state index >= 15 is 0 Å². The fourth-order valence-corrected chi connectivity index (χ4v) is 2.83. The van der Waals surface area contributed by atoms with Crippen molar-refractivity contribution in [3.63, 3.8) is 0 Å². The van der Waals surface area contributed by atoms with E-state index in [2.05, 4.69) is 4.98 Å². The summed E-state index contributed by atoms with van der Waals surface area (Å²) in [5.41, 5.74) is 2.24. The maximum atomic E-state index is 12.9. The average Bonchev–Trinajstić information content (AvgIpc) is 2.74. The van der Waals surface area contributed by atoms with Crippen molar-refractivity contribution in [2.24, 2.45) is 0 Å². The molecule has 0 aliphatic heterocycles. The van der Waals surface area contributed by atoms with Gasteiger partial charge in [0, 0.05) is 36.7 Å². The molecule has 1 heterocycles. The van der Waals surface area contributed by atoms with Crippen LogP contribution in [0.3, 0.4) is 0 Å². The van der Waals surface area contributed by atoms with Crippen molar-refractivity contribution in [1.82, 2.24) is 4.98 Å². The summed E-state index contributed by atoms with van der Waals surface area (Å²) in [6, 6.07) is 22.0. The van der Waals surface area contributed by atoms with E-state index < -0.39 is 0 Å². The highest BCUT2D eigenvalue weighted by molar-refractivity contribution is 6.09. The van der Waals surface area contributed by atoms with E-state index in [4.69, 9.17) is 0 Å². The maximum Gasteiger partial charge on any atom is 0.276 e. The van der Waals surface area contributed by atoms with Gasteiger partial charge in [-0.2, -0.15) is 0 Å². The summed E-state index contributed by atoms with van der Waals surface area (Å²) >= 11 is 0. The van der Waals surface area contributed by atoms with Crippen LogP contribution in [-0.2, 0) is 0 Å². The minimum absolute atomic E-state index is 0.194. The Hall–Kier alpha value is -3.47. The van der Waals surface area contributed by atoms with Crippen LogP contribution >= 0.6 is 0 Å². The van der Waals surface area contributed by atoms with Gasteiger partial charge >= 0.3 is 0 Å². The van der Waals surface area contributed by atoms with Crippen LogP contribution < -0.4 is 9.80 Å². The Morgan fingerprint density at radius 2 is 1.44 bits per heavy atom. The molecule has 2 aromatic carbocycles. The van der Waals surface area contributed by atoms with Crippen LogP contribution in [0.4, 0.5) is 11.4 Å². The summed E-state index contributed by atoms with van der Waals surface area (Å²) in [4.78, 5) is 33.1. The predicted octanol–water partition coefficient (Wildman–Crippen LogP) is 4.02. The Balaban J connectivity index is 1.86. The van der Waals surface area contributed by atoms with Crippen molar-refractivity contribution in [3.8, 4) is 0 Å². The van der Waals surface area contributed by atoms with Gasteiger partial charge in [-0.05, 0) is 43.3 Å². The largest absolute Gasteiger partial charge is 0.311 e. The zero-order chi connectivity index (χ0) is 19.2. The first-order valence-electron chi connectivity index (χ1n) is 8.78. The maximum absolute atomic E-state index is 12.9. The van der Waals surface area contributed by atoms with Crippen molar-refractivity contribution in [1.29, 1.82) is 0 Å². The van der Waals surface area contributed by atoms with E-state index in [-0.39, 0.29) is 17.5 Å². The molecule has 1 aromatic heterocycles. The molecule has 0 saturated carbocycles. The molecule has 5 heteroatoms. The molecule has 0 aliphatic rings. The second-order valence-electron chi connectivity index (χ2n) is 6.01. The Morgan fingerprint density at radius 1 is 0.852 bits per heavy atom. The summed E-state index contributed by atoms with van der Waals surface area (Å²) < 4.78 is 0. The predicted molar refractivity (Wildman–Crippen MR) is 107 cm³/mol. The van der Waals surface area contributed by atoms with Crippen molar-refractivity contribution < 1.29 is 9.59 Å². The van der Waals surface area contributed by atoms with Gasteiger partial charge in [-0.1, -0.05) is 36.4 Å². The van der Waals surface area contributed by atoms with Gasteiger partial charge in [0.15, 0.2) is 0 Å². The van der Waals surface area contributed by atoms with Gasteiger partial charge in [-0.3, -0.25) is 14.6 Å². The smallest absolute Gasteiger partial charge is 0.276 e. The molecule has 0 atom stereocenters. The molecule has 2 amide bonds. The van der Waals surface area contributed by atoms with Gasteiger partial charge in [-0.25, -0.2) is 0 Å². The molecule has 3 aromatic rings. The van der Waals surface area contributed by atoms with E-state index in [9.17, 15) is 9.59 Å². The molecule has 0 spiro atoms. The molecule has 3 rings (SSSR count). The number of carbonyl (C=O) groups is 2. The molecule has 5 nitrogen and oxygen atoms in total. The topological polar surface area (TPSA) is 53.5 Å². The summed E-state index contributed by atoms with van der Waals surface area (Å²) in [5.74, 6) is -0.430. The fraction of sp³-hybridized carbons (Fsp3) is 0.136. The molecular formula is C22H21N3O2. The quantitative estimate of drug-likeness (QED) is 0.691. The number of aromatic nitrogens is 1. The second kappa shape index (κ2) is 8.27. The highest BCUT2D eigenvalue weighted by Crippen LogP contribution is 2.18. The molecule has 0 radical (unpaired) electrons. The normalized spacial score (nSPS) is 10.3. The van der Waals surface area contributed by atoms with Crippen LogP contribution in [0, 0.1) is 0 Å². The minimum atomic E-state index is -0.235. The molecule has 0 N–H and O–H groups in total. The van der Waals surface area contributed by atoms with Crippen molar-refractivity contribution in [2.75, 3.05) is 23.4 Å². The number of nitrogens with zero attached hydrogens (tertiary/aromatic N) is 3. The second-order valence-corrected chi connectivity index (χ2v) is 6.01. The first kappa shape index (κ1) is 18.3. The van der Waals surface area contributed by atoms with E-state index in [1.807, 2.05) is 67.6 Å². The number of para-hydroxylation sites is 2. The van der Waals surface area contributed by atoms with Gasteiger partial charge in [-0.15, -0.1) is 0 Å². The number of hydrogen-bond acceptors (Lipinski definition) is 3. The number of rotatable bonds is 5. The summed E-state index contributed by atoms with van der Waals surface area (Å²) in [6.07, 6.45) is 1.50. The monoisotopic (exact) mass is 359 g/mol. The van der Waals surface area contributed by atoms with E-state index in [0.717, 1.165) is 11.4 Å². The van der Waals surface area contributed by atoms with Gasteiger partial charge in [0.2, 0.25) is 0 Å². The Labute approximate surface area is 158 Å². The molecule has 136 valence electrons. The third-order valence-electron chi connectivity index (χ3n) is 4.30. The van der Waals surface area contributed by atoms with Gasteiger partial charge in [0.05, 0.1) is 0 Å². The van der Waals surface area contributed by atoms with Gasteiger partial charge in [0.25, 0.3) is 11.8 Å². The minimum Gasteiger partial charge on any atom is -0.311 e. The molecule has 0 saturated heterocycles. The lowest BCUT2D eigenvalue weighted by Crippen LogP contribution is -2.32. The summed E-state index contributed by atoms with van der Waals surface area (Å²) in [5, 5.41) is 0. The van der Waals surface area contributed by atoms with Crippen LogP contribution in [0.5, 0.6) is 0 Å². The molecule has 0 aliphatic carbocycles. The number of anilines is 2. The first-order valence-corrected chi connectivity index (χ1v) is 8.78. The van der Waals surface area contributed by atoms with Crippen molar-refractivity contribution in [2.45, 2.75) is 6.92 Å². The molecule has 27 heavy (non-hydrogen) atoms. The number of benzene rings is 2. The van der Waals surface area contributed by atoms with Crippen molar-refractivity contribution in [3.05, 3.63) is 90.3 Å². The molecule has 0 unspecified atom stereocenters. The van der Waals surface area contributed by atoms with E-state index in [1.165, 1.54) is 6.20 Å². The van der Waals surface area contributed by atoms with Crippen molar-refractivity contribution >= 4 is 23.2 Å². The van der Waals surface area contributed by atoms with E-state index in [0.29, 0.717) is 12.1 Å². The standard InChI is InChI=1S/C22H21N3O2/c1-3-25(19-12-8-5-9-13-19)22(27)20-16-17(14-15-23-20)21(26)24(2)18-10-6-4-7-11-18/h4-16H,3H2,1-2H3. The lowest BCUT2D eigenvalue weighted by Gasteiger charge is -2.21. The zero-order valence-electron chi connectivity index (χ0n) is 15.4. The van der Waals surface area contributed by atoms with Crippen LogP contribution in [0.25, 0.3) is 0 Å². The van der Waals surface area contributed by atoms with Crippen LogP contribution in [0.1, 0.15) is 27.8 Å². The van der Waals surface area contributed by atoms with Gasteiger partial charge in [0.1, 0.15) is 5.69 Å². The van der Waals surface area contributed by atoms with E-state index in [1.54, 1.807) is 29.0 Å². The highest BCUT2D eigenvalue weighted by Gasteiger charge is 2.20. The number of hydrogen-bond donors (Lipinski definition) is 0. The number of pyridine rings is 1.